The molecule has 2 aromatic carbocycles. The summed E-state index contributed by atoms with van der Waals surface area (Å²) in [5.41, 5.74) is 1.45. The van der Waals surface area contributed by atoms with Gasteiger partial charge in [-0.25, -0.2) is 21.2 Å². The quantitative estimate of drug-likeness (QED) is 0.716. The number of hydrazone groups is 1. The Kier molecular flexibility index (Phi) is 5.88. The zero-order valence-electron chi connectivity index (χ0n) is 15.6. The number of sulfonamides is 2. The van der Waals surface area contributed by atoms with E-state index in [0.29, 0.717) is 17.0 Å². The molecule has 156 valence electrons. The molecule has 7 nitrogen and oxygen atoms in total. The molecule has 0 fully saturated rings. The predicted octanol–water partition coefficient (Wildman–Crippen LogP) is 3.35. The van der Waals surface area contributed by atoms with Gasteiger partial charge in [-0.1, -0.05) is 29.8 Å². The molecule has 3 rings (SSSR count). The zero-order valence-corrected chi connectivity index (χ0v) is 18.0. The van der Waals surface area contributed by atoms with E-state index in [-0.39, 0.29) is 22.8 Å². The first-order chi connectivity index (χ1) is 13.5. The highest BCUT2D eigenvalue weighted by Crippen LogP contribution is 2.39. The van der Waals surface area contributed by atoms with Crippen LogP contribution in [-0.4, -0.2) is 39.0 Å². The molecule has 0 aromatic heterocycles. The van der Waals surface area contributed by atoms with E-state index in [9.17, 15) is 21.2 Å². The van der Waals surface area contributed by atoms with Crippen molar-refractivity contribution in [3.63, 3.8) is 0 Å². The molecule has 1 atom stereocenters. The minimum Gasteiger partial charge on any atom is -0.284 e. The highest BCUT2D eigenvalue weighted by atomic mass is 35.5. The van der Waals surface area contributed by atoms with Crippen LogP contribution in [0.3, 0.4) is 0 Å². The molecule has 11 heteroatoms. The Morgan fingerprint density at radius 2 is 1.83 bits per heavy atom. The van der Waals surface area contributed by atoms with Gasteiger partial charge in [0.25, 0.3) is 0 Å². The topological polar surface area (TPSA) is 95.9 Å². The molecule has 0 saturated heterocycles. The van der Waals surface area contributed by atoms with Gasteiger partial charge in [-0.05, 0) is 36.8 Å². The Morgan fingerprint density at radius 1 is 1.17 bits per heavy atom. The molecule has 29 heavy (non-hydrogen) atoms. The second-order valence-electron chi connectivity index (χ2n) is 6.53. The van der Waals surface area contributed by atoms with Gasteiger partial charge < -0.3 is 0 Å². The van der Waals surface area contributed by atoms with Crippen LogP contribution >= 0.6 is 11.6 Å². The van der Waals surface area contributed by atoms with Crippen LogP contribution in [0.25, 0.3) is 0 Å². The summed E-state index contributed by atoms with van der Waals surface area (Å²) in [5, 5.41) is 4.36. The Hall–Kier alpha value is -2.17. The maximum Gasteiger partial charge on any atom is 0.250 e. The number of anilines is 1. The van der Waals surface area contributed by atoms with Gasteiger partial charge in [0.15, 0.2) is 0 Å². The van der Waals surface area contributed by atoms with E-state index < -0.39 is 31.9 Å². The van der Waals surface area contributed by atoms with E-state index in [0.717, 1.165) is 10.7 Å². The van der Waals surface area contributed by atoms with Gasteiger partial charge in [0, 0.05) is 22.7 Å². The maximum absolute atomic E-state index is 14.5. The Bertz CT molecular complexity index is 1150. The molecule has 0 bridgehead atoms. The third-order valence-electron chi connectivity index (χ3n) is 4.38. The van der Waals surface area contributed by atoms with E-state index >= 15 is 0 Å². The second-order valence-corrected chi connectivity index (χ2v) is 10.8. The third-order valence-corrected chi connectivity index (χ3v) is 6.95. The fraction of sp³-hybridized carbons (Fsp3) is 0.278. The zero-order chi connectivity index (χ0) is 21.4. The highest BCUT2D eigenvalue weighted by Gasteiger charge is 2.38. The number of rotatable bonds is 6. The molecule has 0 spiro atoms. The van der Waals surface area contributed by atoms with E-state index in [1.54, 1.807) is 24.3 Å². The van der Waals surface area contributed by atoms with Crippen molar-refractivity contribution in [2.24, 2.45) is 5.10 Å². The van der Waals surface area contributed by atoms with Crippen LogP contribution in [0.4, 0.5) is 10.1 Å². The van der Waals surface area contributed by atoms with Crippen molar-refractivity contribution in [1.29, 1.82) is 0 Å². The summed E-state index contributed by atoms with van der Waals surface area (Å²) in [6.45, 7) is 1.48. The molecular weight excluding hydrogens is 441 g/mol. The third kappa shape index (κ3) is 4.71. The fourth-order valence-corrected chi connectivity index (χ4v) is 4.95. The number of nitrogens with one attached hydrogen (secondary N) is 1. The monoisotopic (exact) mass is 459 g/mol. The SMILES string of the molecule is CCS(=O)(=O)N1N=C(c2ccc(NS(C)(=O)=O)cc2)C[C@H]1c1c(F)cccc1Cl. The van der Waals surface area contributed by atoms with Crippen LogP contribution in [-0.2, 0) is 20.0 Å². The molecule has 0 unspecified atom stereocenters. The number of hydrogen-bond acceptors (Lipinski definition) is 5. The summed E-state index contributed by atoms with van der Waals surface area (Å²) >= 11 is 6.17. The number of benzene rings is 2. The van der Waals surface area contributed by atoms with E-state index in [4.69, 9.17) is 11.6 Å². The molecule has 0 saturated carbocycles. The van der Waals surface area contributed by atoms with Crippen LogP contribution in [0.5, 0.6) is 0 Å². The molecule has 0 aliphatic carbocycles. The molecule has 2 aromatic rings. The van der Waals surface area contributed by atoms with Crippen molar-refractivity contribution in [2.75, 3.05) is 16.7 Å². The minimum atomic E-state index is -3.77. The van der Waals surface area contributed by atoms with Gasteiger partial charge in [-0.3, -0.25) is 4.72 Å². The van der Waals surface area contributed by atoms with Crippen LogP contribution in [0, 0.1) is 5.82 Å². The van der Waals surface area contributed by atoms with Crippen molar-refractivity contribution in [1.82, 2.24) is 4.41 Å². The van der Waals surface area contributed by atoms with Crippen molar-refractivity contribution in [3.05, 3.63) is 64.4 Å². The summed E-state index contributed by atoms with van der Waals surface area (Å²) in [4.78, 5) is 0. The van der Waals surface area contributed by atoms with Crippen LogP contribution < -0.4 is 4.72 Å². The first-order valence-electron chi connectivity index (χ1n) is 8.63. The van der Waals surface area contributed by atoms with Crippen molar-refractivity contribution < 1.29 is 21.2 Å². The summed E-state index contributed by atoms with van der Waals surface area (Å²) in [5.74, 6) is -0.813. The lowest BCUT2D eigenvalue weighted by molar-refractivity contribution is 0.363. The first kappa shape index (κ1) is 21.5. The normalized spacial score (nSPS) is 17.3. The van der Waals surface area contributed by atoms with Crippen molar-refractivity contribution >= 4 is 43.0 Å². The standard InChI is InChI=1S/C18H19ClFN3O4S2/c1-3-29(26,27)23-17(18-14(19)5-4-6-15(18)20)11-16(21-23)12-7-9-13(10-8-12)22-28(2,24)25/h4-10,17,22H,3,11H2,1-2H3/t17-/m0/s1. The molecule has 1 N–H and O–H groups in total. The lowest BCUT2D eigenvalue weighted by atomic mass is 9.98. The molecule has 1 aliphatic rings. The summed E-state index contributed by atoms with van der Waals surface area (Å²) < 4.78 is 65.6. The average molecular weight is 460 g/mol. The smallest absolute Gasteiger partial charge is 0.250 e. The maximum atomic E-state index is 14.5. The summed E-state index contributed by atoms with van der Waals surface area (Å²) in [7, 11) is -7.19. The highest BCUT2D eigenvalue weighted by molar-refractivity contribution is 7.92. The van der Waals surface area contributed by atoms with Crippen molar-refractivity contribution in [2.45, 2.75) is 19.4 Å². The number of nitrogens with zero attached hydrogens (tertiary/aromatic N) is 2. The Balaban J connectivity index is 2.00. The van der Waals surface area contributed by atoms with E-state index in [2.05, 4.69) is 9.82 Å². The average Bonchev–Trinajstić information content (AvgIpc) is 3.07. The van der Waals surface area contributed by atoms with Crippen LogP contribution in [0.15, 0.2) is 47.6 Å². The fourth-order valence-electron chi connectivity index (χ4n) is 3.04. The van der Waals surface area contributed by atoms with Gasteiger partial charge in [0.1, 0.15) is 5.82 Å². The van der Waals surface area contributed by atoms with Crippen molar-refractivity contribution in [3.8, 4) is 0 Å². The first-order valence-corrected chi connectivity index (χ1v) is 12.5. The van der Waals surface area contributed by atoms with Gasteiger partial charge in [-0.2, -0.15) is 9.52 Å². The largest absolute Gasteiger partial charge is 0.284 e. The lowest BCUT2D eigenvalue weighted by Gasteiger charge is -2.23. The second kappa shape index (κ2) is 7.92. The molecule has 0 radical (unpaired) electrons. The van der Waals surface area contributed by atoms with Gasteiger partial charge >= 0.3 is 0 Å². The molecule has 0 amide bonds. The number of halogens is 2. The Labute approximate surface area is 174 Å². The van der Waals surface area contributed by atoms with Gasteiger partial charge in [0.05, 0.1) is 23.8 Å². The molecule has 1 heterocycles. The lowest BCUT2D eigenvalue weighted by Crippen LogP contribution is -2.29. The number of hydrogen-bond donors (Lipinski definition) is 1. The molecular formula is C18H19ClFN3O4S2. The Morgan fingerprint density at radius 3 is 2.38 bits per heavy atom. The summed E-state index contributed by atoms with van der Waals surface area (Å²) in [6.07, 6.45) is 1.16. The van der Waals surface area contributed by atoms with Crippen LogP contribution in [0.2, 0.25) is 5.02 Å². The van der Waals surface area contributed by atoms with Gasteiger partial charge in [0.2, 0.25) is 20.0 Å². The predicted molar refractivity (Wildman–Crippen MR) is 112 cm³/mol. The summed E-state index contributed by atoms with van der Waals surface area (Å²) in [6, 6.07) is 9.59. The van der Waals surface area contributed by atoms with Crippen LogP contribution in [0.1, 0.15) is 30.5 Å². The minimum absolute atomic E-state index is 0.0697. The molecule has 1 aliphatic heterocycles. The van der Waals surface area contributed by atoms with E-state index in [1.165, 1.54) is 25.1 Å². The van der Waals surface area contributed by atoms with E-state index in [1.807, 2.05) is 0 Å². The van der Waals surface area contributed by atoms with Gasteiger partial charge in [-0.15, -0.1) is 0 Å².